The Labute approximate surface area is 119 Å². The summed E-state index contributed by atoms with van der Waals surface area (Å²) in [7, 11) is 0. The molecule has 1 nitrogen and oxygen atoms in total. The van der Waals surface area contributed by atoms with Crippen LogP contribution in [0.4, 0.5) is 22.0 Å². The van der Waals surface area contributed by atoms with Crippen molar-refractivity contribution in [2.75, 3.05) is 0 Å². The van der Waals surface area contributed by atoms with Crippen LogP contribution in [0.2, 0.25) is 0 Å². The second kappa shape index (κ2) is 5.07. The van der Waals surface area contributed by atoms with Gasteiger partial charge in [0.15, 0.2) is 29.8 Å². The van der Waals surface area contributed by atoms with Crippen LogP contribution >= 0.6 is 11.3 Å². The van der Waals surface area contributed by atoms with Gasteiger partial charge in [-0.05, 0) is 6.07 Å². The lowest BCUT2D eigenvalue weighted by Crippen LogP contribution is -2.33. The molecule has 0 aliphatic carbocycles. The molecule has 1 heterocycles. The van der Waals surface area contributed by atoms with Crippen LogP contribution in [0.1, 0.15) is 5.56 Å². The Bertz CT molecular complexity index is 814. The Hall–Kier alpha value is -2.02. The van der Waals surface area contributed by atoms with Gasteiger partial charge >= 0.3 is 0 Å². The molecule has 108 valence electrons. The fraction of sp³-hybridized carbons (Fsp3) is 0.0714. The molecule has 7 heteroatoms. The van der Waals surface area contributed by atoms with Gasteiger partial charge < -0.3 is 0 Å². The van der Waals surface area contributed by atoms with Gasteiger partial charge in [-0.25, -0.2) is 22.0 Å². The molecule has 0 aliphatic heterocycles. The Morgan fingerprint density at radius 1 is 0.810 bits per heavy atom. The minimum Gasteiger partial charge on any atom is -0.203 e. The lowest BCUT2D eigenvalue weighted by molar-refractivity contribution is -0.658. The second-order valence-corrected chi connectivity index (χ2v) is 5.25. The highest BCUT2D eigenvalue weighted by Gasteiger charge is 2.28. The highest BCUT2D eigenvalue weighted by molar-refractivity contribution is 7.16. The second-order valence-electron chi connectivity index (χ2n) is 4.37. The van der Waals surface area contributed by atoms with Gasteiger partial charge in [0, 0.05) is 6.07 Å². The van der Waals surface area contributed by atoms with E-state index in [1.807, 2.05) is 0 Å². The monoisotopic (exact) mass is 316 g/mol. The third-order valence-corrected chi connectivity index (χ3v) is 4.07. The Morgan fingerprint density at radius 3 is 2.05 bits per heavy atom. The van der Waals surface area contributed by atoms with Crippen molar-refractivity contribution >= 4 is 21.6 Å². The van der Waals surface area contributed by atoms with E-state index >= 15 is 0 Å². The number of hydrogen-bond acceptors (Lipinski definition) is 1. The fourth-order valence-corrected chi connectivity index (χ4v) is 2.95. The molecule has 0 aliphatic rings. The maximum atomic E-state index is 13.7. The van der Waals surface area contributed by atoms with E-state index in [4.69, 9.17) is 0 Å². The summed E-state index contributed by atoms with van der Waals surface area (Å²) in [6.45, 7) is -0.435. The molecular formula is C14H7F5NS+. The number of hydrogen-bond donors (Lipinski definition) is 0. The van der Waals surface area contributed by atoms with Gasteiger partial charge in [0.2, 0.25) is 16.8 Å². The van der Waals surface area contributed by atoms with Gasteiger partial charge in [-0.3, -0.25) is 0 Å². The van der Waals surface area contributed by atoms with E-state index in [0.29, 0.717) is 5.52 Å². The Kier molecular flexibility index (Phi) is 3.36. The zero-order valence-corrected chi connectivity index (χ0v) is 11.2. The molecule has 0 amide bonds. The molecule has 1 aromatic heterocycles. The zero-order valence-electron chi connectivity index (χ0n) is 10.3. The van der Waals surface area contributed by atoms with E-state index in [0.717, 1.165) is 4.70 Å². The molecule has 2 aromatic carbocycles. The molecule has 3 rings (SSSR count). The van der Waals surface area contributed by atoms with Gasteiger partial charge in [0.25, 0.3) is 0 Å². The summed E-state index contributed by atoms with van der Waals surface area (Å²) in [6, 6.07) is 7.03. The van der Waals surface area contributed by atoms with Crippen LogP contribution in [-0.2, 0) is 6.54 Å². The van der Waals surface area contributed by atoms with E-state index in [2.05, 4.69) is 0 Å². The van der Waals surface area contributed by atoms with E-state index in [-0.39, 0.29) is 0 Å². The standard InChI is InChI=1S/C14H7F5NS/c15-10-7(11(16)13(18)14(19)12(10)17)5-20-6-21-9-4-2-1-3-8(9)20/h1-4,6H,5H2/q+1. The van der Waals surface area contributed by atoms with Crippen LogP contribution in [0.25, 0.3) is 10.2 Å². The van der Waals surface area contributed by atoms with Crippen LogP contribution in [-0.4, -0.2) is 0 Å². The number of fused-ring (bicyclic) bond motifs is 1. The normalized spacial score (nSPS) is 11.3. The SMILES string of the molecule is Fc1c(F)c(F)c(C[n+]2csc3ccccc32)c(F)c1F. The van der Waals surface area contributed by atoms with E-state index in [9.17, 15) is 22.0 Å². The first kappa shape index (κ1) is 13.9. The first-order valence-corrected chi connectivity index (χ1v) is 6.74. The summed E-state index contributed by atoms with van der Waals surface area (Å²) in [4.78, 5) is 0. The predicted octanol–water partition coefficient (Wildman–Crippen LogP) is 3.93. The average Bonchev–Trinajstić information content (AvgIpc) is 2.91. The molecule has 0 fully saturated rings. The van der Waals surface area contributed by atoms with Crippen molar-refractivity contribution in [3.63, 3.8) is 0 Å². The van der Waals surface area contributed by atoms with Crippen molar-refractivity contribution in [3.8, 4) is 0 Å². The third kappa shape index (κ3) is 2.17. The molecule has 0 saturated heterocycles. The van der Waals surface area contributed by atoms with Crippen molar-refractivity contribution < 1.29 is 26.5 Å². The topological polar surface area (TPSA) is 3.88 Å². The molecule has 0 spiro atoms. The number of halogens is 5. The molecule has 0 bridgehead atoms. The summed E-state index contributed by atoms with van der Waals surface area (Å²) in [6.07, 6.45) is 0. The summed E-state index contributed by atoms with van der Waals surface area (Å²) in [5.74, 6) is -9.59. The van der Waals surface area contributed by atoms with E-state index in [1.54, 1.807) is 29.8 Å². The Morgan fingerprint density at radius 2 is 1.38 bits per heavy atom. The fourth-order valence-electron chi connectivity index (χ4n) is 2.05. The first-order chi connectivity index (χ1) is 10.0. The molecule has 0 saturated carbocycles. The number of aromatic nitrogens is 1. The highest BCUT2D eigenvalue weighted by Crippen LogP contribution is 2.24. The van der Waals surface area contributed by atoms with Gasteiger partial charge in [-0.1, -0.05) is 23.5 Å². The number of nitrogens with zero attached hydrogens (tertiary/aromatic N) is 1. The van der Waals surface area contributed by atoms with E-state index in [1.165, 1.54) is 15.9 Å². The first-order valence-electron chi connectivity index (χ1n) is 5.86. The molecule has 0 N–H and O–H groups in total. The Balaban J connectivity index is 2.14. The van der Waals surface area contributed by atoms with E-state index < -0.39 is 41.2 Å². The molecule has 3 aromatic rings. The number of thiazole rings is 1. The number of para-hydroxylation sites is 1. The lowest BCUT2D eigenvalue weighted by Gasteiger charge is -2.05. The van der Waals surface area contributed by atoms with Crippen LogP contribution in [0, 0.1) is 29.1 Å². The molecular weight excluding hydrogens is 309 g/mol. The van der Waals surface area contributed by atoms with Crippen LogP contribution < -0.4 is 4.57 Å². The van der Waals surface area contributed by atoms with Crippen molar-refractivity contribution in [2.24, 2.45) is 0 Å². The van der Waals surface area contributed by atoms with Crippen LogP contribution in [0.3, 0.4) is 0 Å². The lowest BCUT2D eigenvalue weighted by atomic mass is 10.1. The smallest absolute Gasteiger partial charge is 0.203 e. The minimum atomic E-state index is -2.14. The maximum absolute atomic E-state index is 13.7. The minimum absolute atomic E-state index is 0.435. The van der Waals surface area contributed by atoms with Crippen molar-refractivity contribution in [2.45, 2.75) is 6.54 Å². The summed E-state index contributed by atoms with van der Waals surface area (Å²) < 4.78 is 69.0. The van der Waals surface area contributed by atoms with Gasteiger partial charge in [-0.2, -0.15) is 4.57 Å². The molecule has 0 atom stereocenters. The van der Waals surface area contributed by atoms with Gasteiger partial charge in [-0.15, -0.1) is 0 Å². The maximum Gasteiger partial charge on any atom is 0.226 e. The van der Waals surface area contributed by atoms with Crippen molar-refractivity contribution in [1.29, 1.82) is 0 Å². The molecule has 0 unspecified atom stereocenters. The van der Waals surface area contributed by atoms with Gasteiger partial charge in [0.1, 0.15) is 4.70 Å². The molecule has 0 radical (unpaired) electrons. The van der Waals surface area contributed by atoms with Gasteiger partial charge in [0.05, 0.1) is 5.56 Å². The van der Waals surface area contributed by atoms with Crippen molar-refractivity contribution in [3.05, 3.63) is 64.4 Å². The van der Waals surface area contributed by atoms with Crippen molar-refractivity contribution in [1.82, 2.24) is 0 Å². The number of rotatable bonds is 2. The van der Waals surface area contributed by atoms with Crippen LogP contribution in [0.15, 0.2) is 29.8 Å². The highest BCUT2D eigenvalue weighted by atomic mass is 32.1. The molecule has 21 heavy (non-hydrogen) atoms. The largest absolute Gasteiger partial charge is 0.226 e. The third-order valence-electron chi connectivity index (χ3n) is 3.11. The summed E-state index contributed by atoms with van der Waals surface area (Å²) in [5.41, 5.74) is 1.38. The zero-order chi connectivity index (χ0) is 15.1. The predicted molar refractivity (Wildman–Crippen MR) is 67.4 cm³/mol. The quantitative estimate of drug-likeness (QED) is 0.292. The number of benzene rings is 2. The summed E-state index contributed by atoms with van der Waals surface area (Å²) in [5, 5.41) is 0. The summed E-state index contributed by atoms with van der Waals surface area (Å²) >= 11 is 1.31. The van der Waals surface area contributed by atoms with Crippen LogP contribution in [0.5, 0.6) is 0 Å². The average molecular weight is 316 g/mol.